The topological polar surface area (TPSA) is 43.3 Å². The van der Waals surface area contributed by atoms with Gasteiger partial charge in [-0.05, 0) is 30.7 Å². The summed E-state index contributed by atoms with van der Waals surface area (Å²) in [4.78, 5) is 4.44. The highest BCUT2D eigenvalue weighted by Crippen LogP contribution is 2.23. The van der Waals surface area contributed by atoms with Gasteiger partial charge in [-0.2, -0.15) is 0 Å². The summed E-state index contributed by atoms with van der Waals surface area (Å²) in [5.74, 6) is -0.283. The lowest BCUT2D eigenvalue weighted by molar-refractivity contribution is 0.619. The third-order valence-electron chi connectivity index (χ3n) is 2.99. The molecule has 0 bridgehead atoms. The summed E-state index contributed by atoms with van der Waals surface area (Å²) in [6.45, 7) is 1.96. The number of fused-ring (bicyclic) bond motifs is 1. The molecule has 2 N–H and O–H groups in total. The van der Waals surface area contributed by atoms with Crippen molar-refractivity contribution < 1.29 is 4.39 Å². The van der Waals surface area contributed by atoms with Crippen LogP contribution in [-0.4, -0.2) is 9.38 Å². The molecule has 90 valence electrons. The molecule has 3 aromatic rings. The average molecular weight is 241 g/mol. The molecule has 1 aromatic carbocycles. The number of nitrogens with two attached hydrogens (primary N) is 1. The first-order chi connectivity index (χ1) is 8.63. The van der Waals surface area contributed by atoms with Crippen LogP contribution in [0.3, 0.4) is 0 Å². The number of halogens is 1. The van der Waals surface area contributed by atoms with Gasteiger partial charge in [-0.25, -0.2) is 9.37 Å². The molecule has 2 aromatic heterocycles. The van der Waals surface area contributed by atoms with E-state index in [1.165, 1.54) is 12.3 Å². The van der Waals surface area contributed by atoms with Gasteiger partial charge >= 0.3 is 0 Å². The van der Waals surface area contributed by atoms with Crippen LogP contribution in [0.4, 0.5) is 10.1 Å². The molecule has 0 unspecified atom stereocenters. The number of benzene rings is 1. The van der Waals surface area contributed by atoms with Gasteiger partial charge in [0.05, 0.1) is 5.69 Å². The molecule has 3 rings (SSSR count). The Balaban J connectivity index is 2.16. The second-order valence-electron chi connectivity index (χ2n) is 4.31. The van der Waals surface area contributed by atoms with Crippen molar-refractivity contribution in [2.45, 2.75) is 6.92 Å². The van der Waals surface area contributed by atoms with Crippen LogP contribution >= 0.6 is 0 Å². The van der Waals surface area contributed by atoms with Crippen LogP contribution in [-0.2, 0) is 0 Å². The lowest BCUT2D eigenvalue weighted by atomic mass is 10.1. The molecular formula is C14H12FN3. The summed E-state index contributed by atoms with van der Waals surface area (Å²) in [5.41, 5.74) is 10.1. The summed E-state index contributed by atoms with van der Waals surface area (Å²) in [6.07, 6.45) is 3.20. The third-order valence-corrected chi connectivity index (χ3v) is 2.99. The van der Waals surface area contributed by atoms with Crippen LogP contribution in [0.1, 0.15) is 5.56 Å². The number of rotatable bonds is 1. The molecule has 0 saturated heterocycles. The predicted molar refractivity (Wildman–Crippen MR) is 69.7 cm³/mol. The number of hydrogen-bond acceptors (Lipinski definition) is 2. The van der Waals surface area contributed by atoms with Gasteiger partial charge in [0, 0.05) is 23.6 Å². The molecular weight excluding hydrogens is 229 g/mol. The first kappa shape index (κ1) is 10.8. The summed E-state index contributed by atoms with van der Waals surface area (Å²) < 4.78 is 14.8. The Hall–Kier alpha value is -2.36. The van der Waals surface area contributed by atoms with Crippen LogP contribution in [0.2, 0.25) is 0 Å². The maximum Gasteiger partial charge on any atom is 0.139 e. The Labute approximate surface area is 104 Å². The summed E-state index contributed by atoms with van der Waals surface area (Å²) in [6, 6.07) is 8.85. The molecule has 0 spiro atoms. The highest BCUT2D eigenvalue weighted by atomic mass is 19.1. The normalized spacial score (nSPS) is 11.0. The van der Waals surface area contributed by atoms with Gasteiger partial charge in [-0.3, -0.25) is 0 Å². The van der Waals surface area contributed by atoms with Crippen molar-refractivity contribution in [3.63, 3.8) is 0 Å². The lowest BCUT2D eigenvalue weighted by Crippen LogP contribution is -1.89. The van der Waals surface area contributed by atoms with E-state index in [4.69, 9.17) is 5.73 Å². The number of anilines is 1. The van der Waals surface area contributed by atoms with Crippen LogP contribution in [0.25, 0.3) is 16.9 Å². The first-order valence-corrected chi connectivity index (χ1v) is 5.64. The zero-order valence-corrected chi connectivity index (χ0v) is 9.89. The maximum absolute atomic E-state index is 13.1. The number of aromatic nitrogens is 2. The third kappa shape index (κ3) is 1.72. The fourth-order valence-electron chi connectivity index (χ4n) is 1.90. The molecule has 0 fully saturated rings. The molecule has 0 atom stereocenters. The van der Waals surface area contributed by atoms with E-state index in [9.17, 15) is 4.39 Å². The molecule has 3 nitrogen and oxygen atoms in total. The van der Waals surface area contributed by atoms with Gasteiger partial charge in [-0.15, -0.1) is 0 Å². The van der Waals surface area contributed by atoms with E-state index < -0.39 is 0 Å². The number of nitrogen functional groups attached to an aromatic ring is 1. The van der Waals surface area contributed by atoms with Crippen LogP contribution in [0.15, 0.2) is 42.7 Å². The van der Waals surface area contributed by atoms with E-state index >= 15 is 0 Å². The zero-order chi connectivity index (χ0) is 12.7. The van der Waals surface area contributed by atoms with Gasteiger partial charge in [0.15, 0.2) is 0 Å². The Bertz CT molecular complexity index is 731. The molecule has 0 radical (unpaired) electrons. The Kier molecular flexibility index (Phi) is 2.30. The van der Waals surface area contributed by atoms with Crippen LogP contribution in [0, 0.1) is 12.7 Å². The van der Waals surface area contributed by atoms with E-state index in [2.05, 4.69) is 4.98 Å². The molecule has 0 saturated carbocycles. The van der Waals surface area contributed by atoms with Crippen LogP contribution in [0.5, 0.6) is 0 Å². The minimum Gasteiger partial charge on any atom is -0.398 e. The molecule has 2 heterocycles. The highest BCUT2D eigenvalue weighted by Gasteiger charge is 2.06. The van der Waals surface area contributed by atoms with E-state index in [0.717, 1.165) is 22.5 Å². The van der Waals surface area contributed by atoms with Gasteiger partial charge < -0.3 is 10.1 Å². The molecule has 18 heavy (non-hydrogen) atoms. The average Bonchev–Trinajstić information content (AvgIpc) is 2.75. The minimum absolute atomic E-state index is 0.283. The smallest absolute Gasteiger partial charge is 0.139 e. The molecule has 4 heteroatoms. The van der Waals surface area contributed by atoms with E-state index in [0.29, 0.717) is 5.65 Å². The van der Waals surface area contributed by atoms with Crippen molar-refractivity contribution in [3.05, 3.63) is 54.1 Å². The van der Waals surface area contributed by atoms with Crippen molar-refractivity contribution in [3.8, 4) is 11.3 Å². The Morgan fingerprint density at radius 3 is 2.78 bits per heavy atom. The number of nitrogens with zero attached hydrogens (tertiary/aromatic N) is 2. The molecule has 0 aliphatic carbocycles. The summed E-state index contributed by atoms with van der Waals surface area (Å²) >= 11 is 0. The summed E-state index contributed by atoms with van der Waals surface area (Å²) in [7, 11) is 0. The van der Waals surface area contributed by atoms with E-state index in [-0.39, 0.29) is 5.82 Å². The zero-order valence-electron chi connectivity index (χ0n) is 9.89. The fraction of sp³-hybridized carbons (Fsp3) is 0.0714. The molecule has 0 aliphatic rings. The summed E-state index contributed by atoms with van der Waals surface area (Å²) in [5, 5.41) is 0. The minimum atomic E-state index is -0.283. The van der Waals surface area contributed by atoms with Gasteiger partial charge in [-0.1, -0.05) is 12.1 Å². The van der Waals surface area contributed by atoms with Crippen molar-refractivity contribution >= 4 is 11.3 Å². The van der Waals surface area contributed by atoms with Crippen molar-refractivity contribution in [2.75, 3.05) is 5.73 Å². The monoisotopic (exact) mass is 241 g/mol. The Morgan fingerprint density at radius 1 is 1.17 bits per heavy atom. The van der Waals surface area contributed by atoms with Gasteiger partial charge in [0.2, 0.25) is 0 Å². The lowest BCUT2D eigenvalue weighted by Gasteiger charge is -2.01. The van der Waals surface area contributed by atoms with E-state index in [1.54, 1.807) is 16.7 Å². The Morgan fingerprint density at radius 2 is 2.00 bits per heavy atom. The maximum atomic E-state index is 13.1. The fourth-order valence-corrected chi connectivity index (χ4v) is 1.90. The van der Waals surface area contributed by atoms with Gasteiger partial charge in [0.25, 0.3) is 0 Å². The van der Waals surface area contributed by atoms with Crippen molar-refractivity contribution in [2.24, 2.45) is 0 Å². The number of aryl methyl sites for hydroxylation is 1. The molecule has 0 aliphatic heterocycles. The SMILES string of the molecule is Cc1ccc(-c2cn3cc(F)ccc3n2)cc1N. The second kappa shape index (κ2) is 3.84. The quantitative estimate of drug-likeness (QED) is 0.665. The molecule has 0 amide bonds. The van der Waals surface area contributed by atoms with Crippen LogP contribution < -0.4 is 5.73 Å². The van der Waals surface area contributed by atoms with Gasteiger partial charge in [0.1, 0.15) is 11.5 Å². The predicted octanol–water partition coefficient (Wildman–Crippen LogP) is 3.03. The first-order valence-electron chi connectivity index (χ1n) is 5.64. The van der Waals surface area contributed by atoms with E-state index in [1.807, 2.05) is 25.1 Å². The number of hydrogen-bond donors (Lipinski definition) is 1. The van der Waals surface area contributed by atoms with Crippen molar-refractivity contribution in [1.29, 1.82) is 0 Å². The largest absolute Gasteiger partial charge is 0.398 e. The number of imidazole rings is 1. The van der Waals surface area contributed by atoms with Crippen molar-refractivity contribution in [1.82, 2.24) is 9.38 Å². The standard InChI is InChI=1S/C14H12FN3/c1-9-2-3-10(6-12(9)16)13-8-18-7-11(15)4-5-14(18)17-13/h2-8H,16H2,1H3. The second-order valence-corrected chi connectivity index (χ2v) is 4.31. The number of pyridine rings is 1. The highest BCUT2D eigenvalue weighted by molar-refractivity contribution is 5.67.